The second kappa shape index (κ2) is 3.72. The van der Waals surface area contributed by atoms with Gasteiger partial charge in [0.05, 0.1) is 11.4 Å². The van der Waals surface area contributed by atoms with Gasteiger partial charge < -0.3 is 10.6 Å². The summed E-state index contributed by atoms with van der Waals surface area (Å²) >= 11 is 0. The molecule has 1 aliphatic heterocycles. The van der Waals surface area contributed by atoms with Crippen LogP contribution in [0.4, 0.5) is 15.8 Å². The van der Waals surface area contributed by atoms with Crippen molar-refractivity contribution in [3.8, 4) is 0 Å². The molecule has 2 nitrogen and oxygen atoms in total. The molecular weight excluding hydrogens is 191 g/mol. The van der Waals surface area contributed by atoms with Crippen LogP contribution in [0.5, 0.6) is 0 Å². The third-order valence-corrected chi connectivity index (χ3v) is 3.19. The van der Waals surface area contributed by atoms with Gasteiger partial charge in [-0.3, -0.25) is 0 Å². The lowest BCUT2D eigenvalue weighted by Gasteiger charge is -2.43. The van der Waals surface area contributed by atoms with Crippen molar-refractivity contribution in [1.29, 1.82) is 0 Å². The van der Waals surface area contributed by atoms with Crippen LogP contribution >= 0.6 is 0 Å². The van der Waals surface area contributed by atoms with Crippen LogP contribution in [0.2, 0.25) is 0 Å². The van der Waals surface area contributed by atoms with Crippen LogP contribution in [0.1, 0.15) is 13.8 Å². The van der Waals surface area contributed by atoms with Crippen LogP contribution in [-0.4, -0.2) is 13.1 Å². The molecule has 2 rings (SSSR count). The average Bonchev–Trinajstić information content (AvgIpc) is 2.06. The third kappa shape index (κ3) is 1.78. The fourth-order valence-corrected chi connectivity index (χ4v) is 1.98. The minimum Gasteiger partial charge on any atom is -0.397 e. The SMILES string of the molecule is CC(C)C1CN(c2c(N)cccc2F)C1. The molecule has 1 aliphatic rings. The maximum Gasteiger partial charge on any atom is 0.148 e. The lowest BCUT2D eigenvalue weighted by Crippen LogP contribution is -2.49. The molecule has 0 saturated carbocycles. The Morgan fingerprint density at radius 3 is 2.60 bits per heavy atom. The summed E-state index contributed by atoms with van der Waals surface area (Å²) in [6.45, 7) is 6.24. The molecule has 1 heterocycles. The van der Waals surface area contributed by atoms with Gasteiger partial charge in [0.25, 0.3) is 0 Å². The van der Waals surface area contributed by atoms with Crippen LogP contribution in [0.15, 0.2) is 18.2 Å². The van der Waals surface area contributed by atoms with E-state index in [1.807, 2.05) is 4.90 Å². The van der Waals surface area contributed by atoms with Crippen LogP contribution in [0.25, 0.3) is 0 Å². The highest BCUT2D eigenvalue weighted by Crippen LogP contribution is 2.34. The highest BCUT2D eigenvalue weighted by molar-refractivity contribution is 5.69. The van der Waals surface area contributed by atoms with E-state index in [4.69, 9.17) is 5.73 Å². The molecule has 82 valence electrons. The molecule has 1 aromatic rings. The molecule has 0 atom stereocenters. The van der Waals surface area contributed by atoms with Crippen molar-refractivity contribution in [3.63, 3.8) is 0 Å². The molecule has 1 saturated heterocycles. The molecule has 2 N–H and O–H groups in total. The van der Waals surface area contributed by atoms with E-state index in [2.05, 4.69) is 13.8 Å². The fraction of sp³-hybridized carbons (Fsp3) is 0.500. The van der Waals surface area contributed by atoms with Crippen molar-refractivity contribution in [2.75, 3.05) is 23.7 Å². The number of halogens is 1. The first-order valence-electron chi connectivity index (χ1n) is 5.38. The molecule has 3 heteroatoms. The van der Waals surface area contributed by atoms with Crippen molar-refractivity contribution >= 4 is 11.4 Å². The molecule has 0 amide bonds. The number of hydrogen-bond acceptors (Lipinski definition) is 2. The molecule has 15 heavy (non-hydrogen) atoms. The largest absolute Gasteiger partial charge is 0.397 e. The summed E-state index contributed by atoms with van der Waals surface area (Å²) in [5, 5.41) is 0. The topological polar surface area (TPSA) is 29.3 Å². The lowest BCUT2D eigenvalue weighted by molar-refractivity contribution is 0.308. The van der Waals surface area contributed by atoms with E-state index in [1.165, 1.54) is 6.07 Å². The zero-order chi connectivity index (χ0) is 11.0. The first kappa shape index (κ1) is 10.3. The van der Waals surface area contributed by atoms with Crippen LogP contribution in [-0.2, 0) is 0 Å². The lowest BCUT2D eigenvalue weighted by atomic mass is 9.88. The first-order valence-corrected chi connectivity index (χ1v) is 5.38. The molecule has 0 unspecified atom stereocenters. The molecule has 0 aliphatic carbocycles. The highest BCUT2D eigenvalue weighted by Gasteiger charge is 2.31. The van der Waals surface area contributed by atoms with Gasteiger partial charge in [0.15, 0.2) is 0 Å². The molecular formula is C12H17FN2. The van der Waals surface area contributed by atoms with Crippen LogP contribution in [0, 0.1) is 17.7 Å². The molecule has 0 aromatic heterocycles. The number of nitrogen functional groups attached to an aromatic ring is 1. The summed E-state index contributed by atoms with van der Waals surface area (Å²) in [6, 6.07) is 4.86. The van der Waals surface area contributed by atoms with Gasteiger partial charge in [-0.2, -0.15) is 0 Å². The standard InChI is InChI=1S/C12H17FN2/c1-8(2)9-6-15(7-9)12-10(13)4-3-5-11(12)14/h3-5,8-9H,6-7,14H2,1-2H3. The number of nitrogens with two attached hydrogens (primary N) is 1. The smallest absolute Gasteiger partial charge is 0.148 e. The highest BCUT2D eigenvalue weighted by atomic mass is 19.1. The van der Waals surface area contributed by atoms with Gasteiger partial charge in [0, 0.05) is 13.1 Å². The van der Waals surface area contributed by atoms with Gasteiger partial charge in [-0.1, -0.05) is 19.9 Å². The summed E-state index contributed by atoms with van der Waals surface area (Å²) in [5.41, 5.74) is 6.89. The second-order valence-electron chi connectivity index (χ2n) is 4.59. The van der Waals surface area contributed by atoms with Crippen molar-refractivity contribution in [2.45, 2.75) is 13.8 Å². The van der Waals surface area contributed by atoms with E-state index < -0.39 is 0 Å². The summed E-state index contributed by atoms with van der Waals surface area (Å²) in [7, 11) is 0. The van der Waals surface area contributed by atoms with Gasteiger partial charge in [-0.25, -0.2) is 4.39 Å². The zero-order valence-corrected chi connectivity index (χ0v) is 9.20. The number of para-hydroxylation sites is 1. The summed E-state index contributed by atoms with van der Waals surface area (Å²) in [4.78, 5) is 2.02. The predicted octanol–water partition coefficient (Wildman–Crippen LogP) is 2.50. The molecule has 1 aromatic carbocycles. The van der Waals surface area contributed by atoms with E-state index in [1.54, 1.807) is 12.1 Å². The van der Waals surface area contributed by atoms with Gasteiger partial charge >= 0.3 is 0 Å². The number of rotatable bonds is 2. The predicted molar refractivity (Wildman–Crippen MR) is 61.4 cm³/mol. The molecule has 1 fully saturated rings. The zero-order valence-electron chi connectivity index (χ0n) is 9.20. The number of anilines is 2. The second-order valence-corrected chi connectivity index (χ2v) is 4.59. The minimum atomic E-state index is -0.211. The van der Waals surface area contributed by atoms with Crippen molar-refractivity contribution in [3.05, 3.63) is 24.0 Å². The Bertz CT molecular complexity index is 336. The fourth-order valence-electron chi connectivity index (χ4n) is 1.98. The van der Waals surface area contributed by atoms with Gasteiger partial charge in [-0.15, -0.1) is 0 Å². The molecule has 0 radical (unpaired) electrons. The van der Waals surface area contributed by atoms with E-state index in [9.17, 15) is 4.39 Å². The average molecular weight is 208 g/mol. The quantitative estimate of drug-likeness (QED) is 0.757. The van der Waals surface area contributed by atoms with Crippen molar-refractivity contribution in [1.82, 2.24) is 0 Å². The Hall–Kier alpha value is -1.25. The third-order valence-electron chi connectivity index (χ3n) is 3.19. The van der Waals surface area contributed by atoms with Crippen LogP contribution < -0.4 is 10.6 Å². The van der Waals surface area contributed by atoms with E-state index >= 15 is 0 Å². The van der Waals surface area contributed by atoms with Crippen LogP contribution in [0.3, 0.4) is 0 Å². The Morgan fingerprint density at radius 1 is 1.40 bits per heavy atom. The maximum atomic E-state index is 13.5. The monoisotopic (exact) mass is 208 g/mol. The molecule has 0 bridgehead atoms. The van der Waals surface area contributed by atoms with Gasteiger partial charge in [0.1, 0.15) is 5.82 Å². The van der Waals surface area contributed by atoms with Crippen molar-refractivity contribution < 1.29 is 4.39 Å². The summed E-state index contributed by atoms with van der Waals surface area (Å²) in [5.74, 6) is 1.12. The number of benzene rings is 1. The number of nitrogens with zero attached hydrogens (tertiary/aromatic N) is 1. The minimum absolute atomic E-state index is 0.211. The normalized spacial score (nSPS) is 16.9. The summed E-state index contributed by atoms with van der Waals surface area (Å²) in [6.07, 6.45) is 0. The van der Waals surface area contributed by atoms with Gasteiger partial charge in [0.2, 0.25) is 0 Å². The van der Waals surface area contributed by atoms with Crippen molar-refractivity contribution in [2.24, 2.45) is 11.8 Å². The Morgan fingerprint density at radius 2 is 2.07 bits per heavy atom. The number of hydrogen-bond donors (Lipinski definition) is 1. The Kier molecular flexibility index (Phi) is 2.55. The summed E-state index contributed by atoms with van der Waals surface area (Å²) < 4.78 is 13.5. The Balaban J connectivity index is 2.13. The maximum absolute atomic E-state index is 13.5. The van der Waals surface area contributed by atoms with E-state index in [0.717, 1.165) is 13.1 Å². The Labute approximate surface area is 89.9 Å². The molecule has 0 spiro atoms. The van der Waals surface area contributed by atoms with E-state index in [0.29, 0.717) is 23.2 Å². The van der Waals surface area contributed by atoms with E-state index in [-0.39, 0.29) is 5.82 Å². The van der Waals surface area contributed by atoms with Gasteiger partial charge in [-0.05, 0) is 24.0 Å². The first-order chi connectivity index (χ1) is 7.09.